The minimum atomic E-state index is -4.22. The molecule has 7 nitrogen and oxygen atoms in total. The van der Waals surface area contributed by atoms with E-state index in [4.69, 9.17) is 9.29 Å². The molecule has 2 N–H and O–H groups in total. The minimum Gasteiger partial charge on any atom is -0.427 e. The molecule has 0 heterocycles. The lowest BCUT2D eigenvalue weighted by atomic mass is 9.97. The van der Waals surface area contributed by atoms with E-state index in [9.17, 15) is 23.1 Å². The number of carbonyl (C=O) groups excluding carboxylic acids is 2. The molecule has 1 rings (SSSR count). The van der Waals surface area contributed by atoms with Crippen molar-refractivity contribution in [2.75, 3.05) is 5.75 Å². The highest BCUT2D eigenvalue weighted by Crippen LogP contribution is 2.17. The van der Waals surface area contributed by atoms with Gasteiger partial charge in [0.25, 0.3) is 10.1 Å². The molecule has 0 atom stereocenters. The summed E-state index contributed by atoms with van der Waals surface area (Å²) < 4.78 is 34.3. The normalized spacial score (nSPS) is 12.0. The van der Waals surface area contributed by atoms with E-state index in [1.807, 2.05) is 0 Å². The Labute approximate surface area is 122 Å². The molecule has 0 saturated carbocycles. The van der Waals surface area contributed by atoms with Crippen LogP contribution in [0.3, 0.4) is 0 Å². The molecule has 0 spiro atoms. The van der Waals surface area contributed by atoms with Gasteiger partial charge in [0.05, 0.1) is 12.2 Å². The quantitative estimate of drug-likeness (QED) is 0.345. The first-order valence-corrected chi connectivity index (χ1v) is 7.63. The number of ketones is 1. The van der Waals surface area contributed by atoms with Gasteiger partial charge < -0.3 is 9.84 Å². The lowest BCUT2D eigenvalue weighted by Crippen LogP contribution is -2.30. The Kier molecular flexibility index (Phi) is 5.21. The highest BCUT2D eigenvalue weighted by Gasteiger charge is 2.25. The van der Waals surface area contributed by atoms with Gasteiger partial charge in [0, 0.05) is 5.56 Å². The summed E-state index contributed by atoms with van der Waals surface area (Å²) in [5.41, 5.74) is -1.26. The second kappa shape index (κ2) is 6.33. The molecule has 0 saturated heterocycles. The van der Waals surface area contributed by atoms with E-state index in [-0.39, 0.29) is 11.3 Å². The first kappa shape index (κ1) is 17.3. The maximum atomic E-state index is 11.8. The third-order valence-electron chi connectivity index (χ3n) is 2.47. The largest absolute Gasteiger partial charge is 0.427 e. The van der Waals surface area contributed by atoms with Gasteiger partial charge in [-0.25, -0.2) is 0 Å². The number of Topliss-reactive ketones (excluding diaryl/α,β-unsaturated/α-hetero) is 1. The number of esters is 1. The highest BCUT2D eigenvalue weighted by atomic mass is 32.2. The number of hydrogen-bond acceptors (Lipinski definition) is 6. The number of aliphatic hydroxyl groups is 1. The fraction of sp³-hybridized carbons (Fsp3) is 0.385. The number of benzene rings is 1. The van der Waals surface area contributed by atoms with Crippen LogP contribution in [0.2, 0.25) is 0 Å². The van der Waals surface area contributed by atoms with Crippen molar-refractivity contribution in [1.82, 2.24) is 0 Å². The Morgan fingerprint density at radius 3 is 2.14 bits per heavy atom. The van der Waals surface area contributed by atoms with Gasteiger partial charge in [0.1, 0.15) is 11.4 Å². The molecular formula is C13H16O7S. The molecule has 0 unspecified atom stereocenters. The van der Waals surface area contributed by atoms with Gasteiger partial charge in [-0.2, -0.15) is 8.42 Å². The monoisotopic (exact) mass is 316 g/mol. The Morgan fingerprint density at radius 2 is 1.71 bits per heavy atom. The summed E-state index contributed by atoms with van der Waals surface area (Å²) in [5, 5.41) is 9.59. The smallest absolute Gasteiger partial charge is 0.312 e. The fourth-order valence-corrected chi connectivity index (χ4v) is 1.85. The van der Waals surface area contributed by atoms with Crippen LogP contribution < -0.4 is 4.74 Å². The molecule has 1 aromatic carbocycles. The van der Waals surface area contributed by atoms with Crippen molar-refractivity contribution >= 4 is 21.9 Å². The molecule has 1 aromatic rings. The second-order valence-corrected chi connectivity index (χ2v) is 6.49. The zero-order chi connectivity index (χ0) is 16.3. The molecule has 0 aliphatic heterocycles. The van der Waals surface area contributed by atoms with E-state index in [2.05, 4.69) is 0 Å². The summed E-state index contributed by atoms with van der Waals surface area (Å²) in [5.74, 6) is -1.90. The van der Waals surface area contributed by atoms with Crippen molar-refractivity contribution in [2.24, 2.45) is 0 Å². The third kappa shape index (κ3) is 6.03. The molecule has 116 valence electrons. The fourth-order valence-electron chi connectivity index (χ4n) is 1.42. The van der Waals surface area contributed by atoms with Crippen molar-refractivity contribution in [3.63, 3.8) is 0 Å². The van der Waals surface area contributed by atoms with Gasteiger partial charge >= 0.3 is 5.97 Å². The number of ether oxygens (including phenoxy) is 1. The van der Waals surface area contributed by atoms with Gasteiger partial charge in [-0.05, 0) is 38.1 Å². The van der Waals surface area contributed by atoms with Gasteiger partial charge in [-0.1, -0.05) is 0 Å². The van der Waals surface area contributed by atoms with Crippen LogP contribution in [0.1, 0.15) is 30.6 Å². The summed E-state index contributed by atoms with van der Waals surface area (Å²) in [4.78, 5) is 23.1. The standard InChI is InChI=1S/C13H16O7S/c1-13(2,16)12(15)9-3-5-10(6-4-9)20-11(14)7-8-21(17,18)19/h3-6,16H,7-8H2,1-2H3,(H,17,18,19). The topological polar surface area (TPSA) is 118 Å². The van der Waals surface area contributed by atoms with Crippen molar-refractivity contribution < 1.29 is 32.4 Å². The molecule has 0 radical (unpaired) electrons. The lowest BCUT2D eigenvalue weighted by molar-refractivity contribution is -0.133. The zero-order valence-corrected chi connectivity index (χ0v) is 12.4. The average Bonchev–Trinajstić information content (AvgIpc) is 2.34. The predicted octanol–water partition coefficient (Wildman–Crippen LogP) is 0.824. The van der Waals surface area contributed by atoms with E-state index in [1.165, 1.54) is 38.1 Å². The summed E-state index contributed by atoms with van der Waals surface area (Å²) in [6, 6.07) is 5.46. The highest BCUT2D eigenvalue weighted by molar-refractivity contribution is 7.85. The van der Waals surface area contributed by atoms with Crippen LogP contribution in [0.5, 0.6) is 5.75 Å². The maximum Gasteiger partial charge on any atom is 0.312 e. The van der Waals surface area contributed by atoms with Gasteiger partial charge in [0.15, 0.2) is 5.78 Å². The molecule has 0 bridgehead atoms. The molecule has 21 heavy (non-hydrogen) atoms. The Balaban J connectivity index is 2.67. The second-order valence-electron chi connectivity index (χ2n) is 4.92. The first-order chi connectivity index (χ1) is 9.49. The summed E-state index contributed by atoms with van der Waals surface area (Å²) in [7, 11) is -4.22. The van der Waals surface area contributed by atoms with Crippen LogP contribution in [0, 0.1) is 0 Å². The molecule has 0 aliphatic rings. The minimum absolute atomic E-state index is 0.127. The molecule has 0 fully saturated rings. The van der Waals surface area contributed by atoms with Crippen molar-refractivity contribution in [3.8, 4) is 5.75 Å². The lowest BCUT2D eigenvalue weighted by Gasteiger charge is -2.15. The first-order valence-electron chi connectivity index (χ1n) is 6.02. The summed E-state index contributed by atoms with van der Waals surface area (Å²) in [6.07, 6.45) is -0.483. The zero-order valence-electron chi connectivity index (χ0n) is 11.6. The molecule has 8 heteroatoms. The number of hydrogen-bond donors (Lipinski definition) is 2. The maximum absolute atomic E-state index is 11.8. The molecule has 0 aliphatic carbocycles. The van der Waals surface area contributed by atoms with Crippen LogP contribution in [0.15, 0.2) is 24.3 Å². The third-order valence-corrected chi connectivity index (χ3v) is 3.19. The number of rotatable bonds is 6. The van der Waals surface area contributed by atoms with E-state index >= 15 is 0 Å². The van der Waals surface area contributed by atoms with E-state index in [0.717, 1.165) is 0 Å². The van der Waals surface area contributed by atoms with Gasteiger partial charge in [-0.15, -0.1) is 0 Å². The van der Waals surface area contributed by atoms with Crippen LogP contribution in [-0.4, -0.2) is 41.2 Å². The van der Waals surface area contributed by atoms with Gasteiger partial charge in [0.2, 0.25) is 0 Å². The number of carbonyl (C=O) groups is 2. The van der Waals surface area contributed by atoms with Crippen LogP contribution in [-0.2, 0) is 14.9 Å². The van der Waals surface area contributed by atoms with Crippen LogP contribution >= 0.6 is 0 Å². The van der Waals surface area contributed by atoms with E-state index in [1.54, 1.807) is 0 Å². The summed E-state index contributed by atoms with van der Waals surface area (Å²) >= 11 is 0. The predicted molar refractivity (Wildman–Crippen MR) is 73.7 cm³/mol. The SMILES string of the molecule is CC(C)(O)C(=O)c1ccc(OC(=O)CCS(=O)(=O)O)cc1. The van der Waals surface area contributed by atoms with Gasteiger partial charge in [-0.3, -0.25) is 14.1 Å². The Morgan fingerprint density at radius 1 is 1.19 bits per heavy atom. The van der Waals surface area contributed by atoms with Crippen molar-refractivity contribution in [2.45, 2.75) is 25.9 Å². The van der Waals surface area contributed by atoms with Crippen molar-refractivity contribution in [1.29, 1.82) is 0 Å². The van der Waals surface area contributed by atoms with Crippen LogP contribution in [0.25, 0.3) is 0 Å². The Hall–Kier alpha value is -1.77. The molecule has 0 amide bonds. The summed E-state index contributed by atoms with van der Waals surface area (Å²) in [6.45, 7) is 2.72. The molecule has 0 aromatic heterocycles. The van der Waals surface area contributed by atoms with E-state index < -0.39 is 39.6 Å². The Bertz CT molecular complexity index is 623. The average molecular weight is 316 g/mol. The van der Waals surface area contributed by atoms with E-state index in [0.29, 0.717) is 0 Å². The van der Waals surface area contributed by atoms with Crippen molar-refractivity contribution in [3.05, 3.63) is 29.8 Å². The van der Waals surface area contributed by atoms with Crippen LogP contribution in [0.4, 0.5) is 0 Å². The molecular weight excluding hydrogens is 300 g/mol.